The molecule has 0 spiro atoms. The fourth-order valence-corrected chi connectivity index (χ4v) is 2.85. The van der Waals surface area contributed by atoms with Gasteiger partial charge in [0.15, 0.2) is 5.16 Å². The number of fused-ring (bicyclic) bond motifs is 1. The van der Waals surface area contributed by atoms with Crippen molar-refractivity contribution in [2.24, 2.45) is 11.1 Å². The number of amidine groups is 1. The molecule has 4 N–H and O–H groups in total. The summed E-state index contributed by atoms with van der Waals surface area (Å²) in [5.74, 6) is 1.91. The van der Waals surface area contributed by atoms with E-state index in [2.05, 4.69) is 9.97 Å². The Morgan fingerprint density at radius 2 is 2.25 bits per heavy atom. The highest BCUT2D eigenvalue weighted by Gasteiger charge is 2.21. The van der Waals surface area contributed by atoms with Crippen LogP contribution < -0.4 is 10.5 Å². The molecule has 2 aromatic rings. The standard InChI is InChI=1S/C14H20N4OS/c1-14(2,12(15)16)6-7-20-13-17-10-5-4-9(19-3)8-11(10)18-13/h4-5,8H,6-7H2,1-3H3,(H3,15,16)(H,17,18). The monoisotopic (exact) mass is 292 g/mol. The Bertz CT molecular complexity index is 621. The first-order chi connectivity index (χ1) is 9.42. The second-order valence-electron chi connectivity index (χ2n) is 5.32. The van der Waals surface area contributed by atoms with Crippen LogP contribution in [0.5, 0.6) is 5.75 Å². The van der Waals surface area contributed by atoms with Crippen LogP contribution in [0.2, 0.25) is 0 Å². The molecule has 2 rings (SSSR count). The number of aromatic amines is 1. The van der Waals surface area contributed by atoms with Gasteiger partial charge in [0.2, 0.25) is 0 Å². The maximum Gasteiger partial charge on any atom is 0.166 e. The normalized spacial score (nSPS) is 11.8. The molecule has 108 valence electrons. The number of hydrogen-bond donors (Lipinski definition) is 3. The number of benzene rings is 1. The summed E-state index contributed by atoms with van der Waals surface area (Å²) < 4.78 is 5.19. The van der Waals surface area contributed by atoms with Crippen molar-refractivity contribution >= 4 is 28.6 Å². The van der Waals surface area contributed by atoms with E-state index >= 15 is 0 Å². The topological polar surface area (TPSA) is 87.8 Å². The predicted molar refractivity (Wildman–Crippen MR) is 83.7 cm³/mol. The predicted octanol–water partition coefficient (Wildman–Crippen LogP) is 3.02. The molecule has 6 heteroatoms. The summed E-state index contributed by atoms with van der Waals surface area (Å²) in [6.45, 7) is 3.97. The van der Waals surface area contributed by atoms with Gasteiger partial charge in [0, 0.05) is 17.2 Å². The molecular formula is C14H20N4OS. The van der Waals surface area contributed by atoms with Crippen LogP contribution in [0.1, 0.15) is 20.3 Å². The molecular weight excluding hydrogens is 272 g/mol. The minimum absolute atomic E-state index is 0.229. The minimum atomic E-state index is -0.262. The highest BCUT2D eigenvalue weighted by Crippen LogP contribution is 2.27. The van der Waals surface area contributed by atoms with Gasteiger partial charge in [0.1, 0.15) is 5.75 Å². The summed E-state index contributed by atoms with van der Waals surface area (Å²) in [5, 5.41) is 8.43. The van der Waals surface area contributed by atoms with Crippen molar-refractivity contribution in [3.63, 3.8) is 0 Å². The first-order valence-electron chi connectivity index (χ1n) is 6.43. The number of aromatic nitrogens is 2. The summed E-state index contributed by atoms with van der Waals surface area (Å²) >= 11 is 1.64. The molecule has 0 aliphatic rings. The maximum atomic E-state index is 7.54. The number of nitrogens with one attached hydrogen (secondary N) is 2. The number of imidazole rings is 1. The summed E-state index contributed by atoms with van der Waals surface area (Å²) in [6.07, 6.45) is 0.841. The van der Waals surface area contributed by atoms with E-state index in [4.69, 9.17) is 15.9 Å². The Morgan fingerprint density at radius 3 is 2.90 bits per heavy atom. The highest BCUT2D eigenvalue weighted by atomic mass is 32.2. The zero-order chi connectivity index (χ0) is 14.8. The molecule has 5 nitrogen and oxygen atoms in total. The summed E-state index contributed by atoms with van der Waals surface area (Å²) in [7, 11) is 1.65. The van der Waals surface area contributed by atoms with Gasteiger partial charge in [0.25, 0.3) is 0 Å². The second kappa shape index (κ2) is 5.75. The number of H-pyrrole nitrogens is 1. The third kappa shape index (κ3) is 3.25. The number of hydrogen-bond acceptors (Lipinski definition) is 4. The van der Waals surface area contributed by atoms with Gasteiger partial charge < -0.3 is 15.5 Å². The highest BCUT2D eigenvalue weighted by molar-refractivity contribution is 7.99. The van der Waals surface area contributed by atoms with E-state index in [0.29, 0.717) is 0 Å². The van der Waals surface area contributed by atoms with E-state index in [0.717, 1.165) is 34.1 Å². The van der Waals surface area contributed by atoms with E-state index in [-0.39, 0.29) is 11.3 Å². The average molecular weight is 292 g/mol. The molecule has 1 heterocycles. The van der Waals surface area contributed by atoms with Crippen LogP contribution in [0.15, 0.2) is 23.4 Å². The van der Waals surface area contributed by atoms with Crippen LogP contribution in [0.25, 0.3) is 11.0 Å². The Morgan fingerprint density at radius 1 is 1.50 bits per heavy atom. The number of ether oxygens (including phenoxy) is 1. The molecule has 0 aliphatic carbocycles. The van der Waals surface area contributed by atoms with Gasteiger partial charge in [0.05, 0.1) is 24.0 Å². The van der Waals surface area contributed by atoms with Crippen LogP contribution in [0.4, 0.5) is 0 Å². The fourth-order valence-electron chi connectivity index (χ4n) is 1.70. The van der Waals surface area contributed by atoms with Crippen molar-refractivity contribution in [3.8, 4) is 5.75 Å². The molecule has 0 aliphatic heterocycles. The van der Waals surface area contributed by atoms with Gasteiger partial charge in [-0.25, -0.2) is 4.98 Å². The summed E-state index contributed by atoms with van der Waals surface area (Å²) in [6, 6.07) is 5.77. The zero-order valence-corrected chi connectivity index (χ0v) is 12.8. The lowest BCUT2D eigenvalue weighted by atomic mass is 9.89. The molecule has 0 amide bonds. The van der Waals surface area contributed by atoms with Crippen LogP contribution in [0.3, 0.4) is 0 Å². The number of nitrogens with zero attached hydrogens (tertiary/aromatic N) is 1. The van der Waals surface area contributed by atoms with E-state index in [1.165, 1.54) is 0 Å². The van der Waals surface area contributed by atoms with E-state index < -0.39 is 0 Å². The number of thioether (sulfide) groups is 1. The van der Waals surface area contributed by atoms with Crippen LogP contribution in [0, 0.1) is 10.8 Å². The van der Waals surface area contributed by atoms with E-state index in [1.807, 2.05) is 32.0 Å². The van der Waals surface area contributed by atoms with Crippen LogP contribution in [-0.2, 0) is 0 Å². The Labute approximate surface area is 122 Å². The van der Waals surface area contributed by atoms with Crippen molar-refractivity contribution in [2.75, 3.05) is 12.9 Å². The SMILES string of the molecule is COc1ccc2nc(SCCC(C)(C)C(=N)N)[nH]c2c1. The second-order valence-corrected chi connectivity index (χ2v) is 6.40. The molecule has 20 heavy (non-hydrogen) atoms. The maximum absolute atomic E-state index is 7.54. The van der Waals surface area contributed by atoms with Gasteiger partial charge >= 0.3 is 0 Å². The van der Waals surface area contributed by atoms with Gasteiger partial charge in [-0.15, -0.1) is 0 Å². The molecule has 1 aromatic carbocycles. The van der Waals surface area contributed by atoms with E-state index in [9.17, 15) is 0 Å². The van der Waals surface area contributed by atoms with Crippen molar-refractivity contribution < 1.29 is 4.74 Å². The van der Waals surface area contributed by atoms with Crippen molar-refractivity contribution in [1.29, 1.82) is 5.41 Å². The summed E-state index contributed by atoms with van der Waals surface area (Å²) in [5.41, 5.74) is 7.22. The van der Waals surface area contributed by atoms with Crippen molar-refractivity contribution in [3.05, 3.63) is 18.2 Å². The Kier molecular flexibility index (Phi) is 4.23. The third-order valence-electron chi connectivity index (χ3n) is 3.36. The molecule has 0 radical (unpaired) electrons. The lowest BCUT2D eigenvalue weighted by molar-refractivity contribution is 0.415. The third-order valence-corrected chi connectivity index (χ3v) is 4.24. The lowest BCUT2D eigenvalue weighted by Crippen LogP contribution is -2.31. The number of methoxy groups -OCH3 is 1. The van der Waals surface area contributed by atoms with Gasteiger partial charge in [-0.1, -0.05) is 25.6 Å². The molecule has 0 atom stereocenters. The number of rotatable bonds is 6. The zero-order valence-electron chi connectivity index (χ0n) is 12.0. The molecule has 1 aromatic heterocycles. The van der Waals surface area contributed by atoms with Gasteiger partial charge in [-0.3, -0.25) is 5.41 Å². The average Bonchev–Trinajstić information content (AvgIpc) is 2.79. The number of nitrogens with two attached hydrogens (primary N) is 1. The van der Waals surface area contributed by atoms with Gasteiger partial charge in [-0.05, 0) is 18.6 Å². The largest absolute Gasteiger partial charge is 0.497 e. The quantitative estimate of drug-likeness (QED) is 0.434. The Balaban J connectivity index is 2.02. The minimum Gasteiger partial charge on any atom is -0.497 e. The molecule has 0 saturated carbocycles. The smallest absolute Gasteiger partial charge is 0.166 e. The molecule has 0 unspecified atom stereocenters. The van der Waals surface area contributed by atoms with Crippen molar-refractivity contribution in [2.45, 2.75) is 25.4 Å². The van der Waals surface area contributed by atoms with E-state index in [1.54, 1.807) is 18.9 Å². The fraction of sp³-hybridized carbons (Fsp3) is 0.429. The molecule has 0 bridgehead atoms. The molecule has 0 saturated heterocycles. The molecule has 0 fully saturated rings. The lowest BCUT2D eigenvalue weighted by Gasteiger charge is -2.21. The van der Waals surface area contributed by atoms with Crippen LogP contribution in [-0.4, -0.2) is 28.7 Å². The van der Waals surface area contributed by atoms with Crippen LogP contribution >= 0.6 is 11.8 Å². The van der Waals surface area contributed by atoms with Crippen molar-refractivity contribution in [1.82, 2.24) is 9.97 Å². The summed E-state index contributed by atoms with van der Waals surface area (Å²) in [4.78, 5) is 7.79. The Hall–Kier alpha value is -1.69. The first kappa shape index (κ1) is 14.7. The van der Waals surface area contributed by atoms with Gasteiger partial charge in [-0.2, -0.15) is 0 Å². The first-order valence-corrected chi connectivity index (χ1v) is 7.42.